The van der Waals surface area contributed by atoms with Gasteiger partial charge in [0.25, 0.3) is 0 Å². The normalized spacial score (nSPS) is 10.6. The minimum Gasteiger partial charge on any atom is -0.347 e. The molecular formula is C23H19N3O2. The van der Waals surface area contributed by atoms with E-state index in [1.54, 1.807) is 0 Å². The summed E-state index contributed by atoms with van der Waals surface area (Å²) >= 11 is 0. The topological polar surface area (TPSA) is 68.0 Å². The predicted octanol–water partition coefficient (Wildman–Crippen LogP) is 4.26. The molecule has 0 aliphatic carbocycles. The average molecular weight is 369 g/mol. The fraction of sp³-hybridized carbons (Fsp3) is 0.0870. The van der Waals surface area contributed by atoms with Crippen LogP contribution in [0, 0.1) is 0 Å². The first-order chi connectivity index (χ1) is 13.8. The highest BCUT2D eigenvalue weighted by molar-refractivity contribution is 5.78. The Morgan fingerprint density at radius 1 is 0.786 bits per heavy atom. The summed E-state index contributed by atoms with van der Waals surface area (Å²) in [5.74, 6) is 0.805. The van der Waals surface area contributed by atoms with Crippen LogP contribution in [0.5, 0.6) is 0 Å². The lowest BCUT2D eigenvalue weighted by Gasteiger charge is -2.05. The standard InChI is InChI=1S/C23H19N3O2/c27-21(15-17-11-13-19(14-12-17)18-7-3-1-4-8-18)24-16-22-25-23(26-28-22)20-9-5-2-6-10-20/h1-14H,15-16H2,(H,24,27). The van der Waals surface area contributed by atoms with E-state index in [0.717, 1.165) is 22.3 Å². The van der Waals surface area contributed by atoms with Crippen LogP contribution < -0.4 is 5.32 Å². The third-order valence-electron chi connectivity index (χ3n) is 4.36. The van der Waals surface area contributed by atoms with Crippen molar-refractivity contribution in [3.63, 3.8) is 0 Å². The number of aromatic nitrogens is 2. The van der Waals surface area contributed by atoms with E-state index in [9.17, 15) is 4.79 Å². The van der Waals surface area contributed by atoms with Gasteiger partial charge in [0.15, 0.2) is 0 Å². The summed E-state index contributed by atoms with van der Waals surface area (Å²) in [6, 6.07) is 27.7. The maximum Gasteiger partial charge on any atom is 0.246 e. The van der Waals surface area contributed by atoms with Crippen LogP contribution in [0.4, 0.5) is 0 Å². The van der Waals surface area contributed by atoms with Crippen LogP contribution in [0.15, 0.2) is 89.5 Å². The van der Waals surface area contributed by atoms with Crippen LogP contribution in [0.25, 0.3) is 22.5 Å². The van der Waals surface area contributed by atoms with Crippen molar-refractivity contribution in [2.75, 3.05) is 0 Å². The molecule has 5 heteroatoms. The molecule has 1 heterocycles. The van der Waals surface area contributed by atoms with Crippen LogP contribution in [0.2, 0.25) is 0 Å². The summed E-state index contributed by atoms with van der Waals surface area (Å²) in [5, 5.41) is 6.77. The van der Waals surface area contributed by atoms with E-state index < -0.39 is 0 Å². The van der Waals surface area contributed by atoms with Gasteiger partial charge in [-0.1, -0.05) is 90.1 Å². The van der Waals surface area contributed by atoms with Gasteiger partial charge in [-0.25, -0.2) is 0 Å². The Morgan fingerprint density at radius 2 is 1.39 bits per heavy atom. The summed E-state index contributed by atoms with van der Waals surface area (Å²) in [4.78, 5) is 16.5. The molecule has 1 amide bonds. The lowest BCUT2D eigenvalue weighted by atomic mass is 10.0. The maximum atomic E-state index is 12.2. The zero-order valence-corrected chi connectivity index (χ0v) is 15.2. The number of hydrogen-bond acceptors (Lipinski definition) is 4. The minimum atomic E-state index is -0.0908. The quantitative estimate of drug-likeness (QED) is 0.551. The molecule has 0 aliphatic heterocycles. The van der Waals surface area contributed by atoms with Crippen molar-refractivity contribution in [2.24, 2.45) is 0 Å². The van der Waals surface area contributed by atoms with E-state index in [0.29, 0.717) is 18.1 Å². The molecule has 0 spiro atoms. The molecule has 0 saturated carbocycles. The molecule has 5 nitrogen and oxygen atoms in total. The summed E-state index contributed by atoms with van der Waals surface area (Å²) < 4.78 is 5.21. The zero-order chi connectivity index (χ0) is 19.2. The van der Waals surface area contributed by atoms with Gasteiger partial charge in [0.2, 0.25) is 17.6 Å². The fourth-order valence-corrected chi connectivity index (χ4v) is 2.90. The highest BCUT2D eigenvalue weighted by atomic mass is 16.5. The first kappa shape index (κ1) is 17.7. The molecule has 0 unspecified atom stereocenters. The van der Waals surface area contributed by atoms with Gasteiger partial charge in [-0.15, -0.1) is 0 Å². The van der Waals surface area contributed by atoms with Crippen LogP contribution in [0.1, 0.15) is 11.5 Å². The molecule has 4 aromatic rings. The molecule has 1 aromatic heterocycles. The van der Waals surface area contributed by atoms with E-state index >= 15 is 0 Å². The molecule has 4 rings (SSSR count). The van der Waals surface area contributed by atoms with Crippen LogP contribution in [0.3, 0.4) is 0 Å². The summed E-state index contributed by atoms with van der Waals surface area (Å²) in [6.45, 7) is 0.209. The molecular weight excluding hydrogens is 350 g/mol. The van der Waals surface area contributed by atoms with Gasteiger partial charge in [-0.05, 0) is 16.7 Å². The van der Waals surface area contributed by atoms with Gasteiger partial charge in [0.05, 0.1) is 13.0 Å². The van der Waals surface area contributed by atoms with E-state index in [2.05, 4.69) is 27.6 Å². The SMILES string of the molecule is O=C(Cc1ccc(-c2ccccc2)cc1)NCc1nc(-c2ccccc2)no1. The van der Waals surface area contributed by atoms with Crippen molar-refractivity contribution in [1.29, 1.82) is 0 Å². The third kappa shape index (κ3) is 4.32. The molecule has 28 heavy (non-hydrogen) atoms. The molecule has 1 N–H and O–H groups in total. The van der Waals surface area contributed by atoms with Crippen LogP contribution in [-0.2, 0) is 17.8 Å². The smallest absolute Gasteiger partial charge is 0.246 e. The summed E-state index contributed by atoms with van der Waals surface area (Å²) in [7, 11) is 0. The molecule has 0 radical (unpaired) electrons. The first-order valence-corrected chi connectivity index (χ1v) is 9.07. The third-order valence-corrected chi connectivity index (χ3v) is 4.36. The lowest BCUT2D eigenvalue weighted by molar-refractivity contribution is -0.120. The molecule has 0 aliphatic rings. The molecule has 0 atom stereocenters. The van der Waals surface area contributed by atoms with Gasteiger partial charge < -0.3 is 9.84 Å². The van der Waals surface area contributed by atoms with E-state index in [4.69, 9.17) is 4.52 Å². The van der Waals surface area contributed by atoms with Crippen molar-refractivity contribution in [3.8, 4) is 22.5 Å². The van der Waals surface area contributed by atoms with E-state index in [1.165, 1.54) is 0 Å². The average Bonchev–Trinajstić information content (AvgIpc) is 3.23. The first-order valence-electron chi connectivity index (χ1n) is 9.07. The lowest BCUT2D eigenvalue weighted by Crippen LogP contribution is -2.24. The Hall–Kier alpha value is -3.73. The number of carbonyl (C=O) groups is 1. The predicted molar refractivity (Wildman–Crippen MR) is 107 cm³/mol. The number of nitrogens with one attached hydrogen (secondary N) is 1. The Morgan fingerprint density at radius 3 is 2.07 bits per heavy atom. The second-order valence-corrected chi connectivity index (χ2v) is 6.39. The second-order valence-electron chi connectivity index (χ2n) is 6.39. The molecule has 0 saturated heterocycles. The van der Waals surface area contributed by atoms with Crippen LogP contribution >= 0.6 is 0 Å². The van der Waals surface area contributed by atoms with Gasteiger partial charge in [-0.2, -0.15) is 4.98 Å². The van der Waals surface area contributed by atoms with Crippen molar-refractivity contribution >= 4 is 5.91 Å². The summed E-state index contributed by atoms with van der Waals surface area (Å²) in [6.07, 6.45) is 0.300. The van der Waals surface area contributed by atoms with E-state index in [-0.39, 0.29) is 12.5 Å². The maximum absolute atomic E-state index is 12.2. The largest absolute Gasteiger partial charge is 0.347 e. The van der Waals surface area contributed by atoms with Gasteiger partial charge in [-0.3, -0.25) is 4.79 Å². The number of rotatable bonds is 6. The van der Waals surface area contributed by atoms with Gasteiger partial charge in [0.1, 0.15) is 0 Å². The molecule has 0 fully saturated rings. The number of hydrogen-bond donors (Lipinski definition) is 1. The highest BCUT2D eigenvalue weighted by Gasteiger charge is 2.10. The van der Waals surface area contributed by atoms with Gasteiger partial charge in [0, 0.05) is 5.56 Å². The van der Waals surface area contributed by atoms with Crippen molar-refractivity contribution in [3.05, 3.63) is 96.4 Å². The Bertz CT molecular complexity index is 1040. The van der Waals surface area contributed by atoms with Crippen molar-refractivity contribution < 1.29 is 9.32 Å². The number of amides is 1. The van der Waals surface area contributed by atoms with Crippen LogP contribution in [-0.4, -0.2) is 16.0 Å². The van der Waals surface area contributed by atoms with Crippen molar-refractivity contribution in [1.82, 2.24) is 15.5 Å². The second kappa shape index (κ2) is 8.31. The number of benzene rings is 3. The molecule has 0 bridgehead atoms. The number of nitrogens with zero attached hydrogens (tertiary/aromatic N) is 2. The fourth-order valence-electron chi connectivity index (χ4n) is 2.90. The monoisotopic (exact) mass is 369 g/mol. The Labute approximate surface area is 163 Å². The zero-order valence-electron chi connectivity index (χ0n) is 15.2. The van der Waals surface area contributed by atoms with Crippen molar-refractivity contribution in [2.45, 2.75) is 13.0 Å². The van der Waals surface area contributed by atoms with E-state index in [1.807, 2.05) is 72.8 Å². The minimum absolute atomic E-state index is 0.0908. The number of carbonyl (C=O) groups excluding carboxylic acids is 1. The molecule has 138 valence electrons. The highest BCUT2D eigenvalue weighted by Crippen LogP contribution is 2.19. The summed E-state index contributed by atoms with van der Waals surface area (Å²) in [5.41, 5.74) is 4.11. The Balaban J connectivity index is 1.32. The Kier molecular flexibility index (Phi) is 5.24. The van der Waals surface area contributed by atoms with Gasteiger partial charge >= 0.3 is 0 Å². The molecule has 3 aromatic carbocycles.